The van der Waals surface area contributed by atoms with Gasteiger partial charge in [-0.3, -0.25) is 9.89 Å². The Balaban J connectivity index is 2.02. The summed E-state index contributed by atoms with van der Waals surface area (Å²) in [6.07, 6.45) is 1.74. The molecule has 1 aromatic rings. The molecule has 1 aliphatic rings. The predicted octanol–water partition coefficient (Wildman–Crippen LogP) is -0.212. The summed E-state index contributed by atoms with van der Waals surface area (Å²) in [5.74, 6) is 1.35. The van der Waals surface area contributed by atoms with Crippen molar-refractivity contribution < 1.29 is 4.79 Å². The highest BCUT2D eigenvalue weighted by Crippen LogP contribution is 2.16. The summed E-state index contributed by atoms with van der Waals surface area (Å²) >= 11 is 0. The van der Waals surface area contributed by atoms with Gasteiger partial charge in [-0.15, -0.1) is 5.10 Å². The second-order valence-electron chi connectivity index (χ2n) is 4.10. The third kappa shape index (κ3) is 2.06. The number of aryl methyl sites for hydroxylation is 1. The van der Waals surface area contributed by atoms with E-state index in [-0.39, 0.29) is 11.7 Å². The molecule has 1 aliphatic heterocycles. The molecule has 0 aliphatic carbocycles. The zero-order chi connectivity index (χ0) is 11.5. The van der Waals surface area contributed by atoms with Crippen LogP contribution in [0.2, 0.25) is 0 Å². The van der Waals surface area contributed by atoms with Gasteiger partial charge in [-0.05, 0) is 18.9 Å². The van der Waals surface area contributed by atoms with Crippen LogP contribution in [0.25, 0.3) is 0 Å². The minimum absolute atomic E-state index is 0.0908. The molecule has 3 N–H and O–H groups in total. The summed E-state index contributed by atoms with van der Waals surface area (Å²) in [6, 6.07) is 0. The zero-order valence-corrected chi connectivity index (χ0v) is 9.44. The number of aromatic nitrogens is 3. The highest BCUT2D eigenvalue weighted by Gasteiger charge is 2.28. The number of aromatic amines is 1. The van der Waals surface area contributed by atoms with Gasteiger partial charge in [-0.25, -0.2) is 4.98 Å². The summed E-state index contributed by atoms with van der Waals surface area (Å²) in [7, 11) is 0. The second kappa shape index (κ2) is 4.61. The number of nitrogens with two attached hydrogens (primary N) is 1. The van der Waals surface area contributed by atoms with E-state index in [0.717, 1.165) is 31.8 Å². The van der Waals surface area contributed by atoms with E-state index in [1.807, 2.05) is 6.92 Å². The molecule has 2 rings (SSSR count). The molecule has 0 spiro atoms. The Morgan fingerprint density at radius 1 is 1.69 bits per heavy atom. The van der Waals surface area contributed by atoms with E-state index in [0.29, 0.717) is 12.5 Å². The Morgan fingerprint density at radius 3 is 3.06 bits per heavy atom. The molecule has 0 radical (unpaired) electrons. The molecule has 0 bridgehead atoms. The first-order valence-corrected chi connectivity index (χ1v) is 5.65. The van der Waals surface area contributed by atoms with Gasteiger partial charge in [-0.2, -0.15) is 0 Å². The van der Waals surface area contributed by atoms with E-state index in [1.165, 1.54) is 0 Å². The summed E-state index contributed by atoms with van der Waals surface area (Å²) in [5.41, 5.74) is 5.59. The minimum atomic E-state index is -0.0908. The van der Waals surface area contributed by atoms with Gasteiger partial charge in [0.2, 0.25) is 5.82 Å². The third-order valence-electron chi connectivity index (χ3n) is 2.96. The summed E-state index contributed by atoms with van der Waals surface area (Å²) in [6.45, 7) is 4.09. The van der Waals surface area contributed by atoms with Crippen molar-refractivity contribution in [2.24, 2.45) is 11.7 Å². The predicted molar refractivity (Wildman–Crippen MR) is 58.8 cm³/mol. The molecule has 1 unspecified atom stereocenters. The van der Waals surface area contributed by atoms with Crippen molar-refractivity contribution in [3.63, 3.8) is 0 Å². The van der Waals surface area contributed by atoms with Crippen LogP contribution in [0.4, 0.5) is 0 Å². The molecule has 2 heterocycles. The maximum absolute atomic E-state index is 12.0. The maximum Gasteiger partial charge on any atom is 0.293 e. The van der Waals surface area contributed by atoms with Crippen LogP contribution in [0.1, 0.15) is 29.8 Å². The van der Waals surface area contributed by atoms with Crippen molar-refractivity contribution in [3.8, 4) is 0 Å². The monoisotopic (exact) mass is 223 g/mol. The molecule has 88 valence electrons. The van der Waals surface area contributed by atoms with Crippen LogP contribution in [0.5, 0.6) is 0 Å². The normalized spacial score (nSPS) is 20.4. The van der Waals surface area contributed by atoms with Gasteiger partial charge in [0.1, 0.15) is 5.82 Å². The molecule has 1 saturated heterocycles. The SMILES string of the molecule is CCc1nc(C(=O)N2CCC(CN)C2)n[nH]1. The van der Waals surface area contributed by atoms with Gasteiger partial charge in [-0.1, -0.05) is 6.92 Å². The zero-order valence-electron chi connectivity index (χ0n) is 9.44. The van der Waals surface area contributed by atoms with Crippen LogP contribution < -0.4 is 5.73 Å². The number of likely N-dealkylation sites (tertiary alicyclic amines) is 1. The number of amides is 1. The Kier molecular flexibility index (Phi) is 3.19. The van der Waals surface area contributed by atoms with Crippen LogP contribution in [0.3, 0.4) is 0 Å². The molecule has 0 saturated carbocycles. The lowest BCUT2D eigenvalue weighted by Crippen LogP contribution is -2.30. The highest BCUT2D eigenvalue weighted by molar-refractivity contribution is 5.90. The Hall–Kier alpha value is -1.43. The van der Waals surface area contributed by atoms with E-state index in [1.54, 1.807) is 4.90 Å². The second-order valence-corrected chi connectivity index (χ2v) is 4.10. The molecule has 1 amide bonds. The number of nitrogens with one attached hydrogen (secondary N) is 1. The number of nitrogens with zero attached hydrogens (tertiary/aromatic N) is 3. The van der Waals surface area contributed by atoms with Crippen molar-refractivity contribution in [1.82, 2.24) is 20.1 Å². The molecular formula is C10H17N5O. The molecule has 1 atom stereocenters. The summed E-state index contributed by atoms with van der Waals surface area (Å²) in [4.78, 5) is 17.9. The molecule has 6 nitrogen and oxygen atoms in total. The summed E-state index contributed by atoms with van der Waals surface area (Å²) in [5, 5.41) is 6.68. The minimum Gasteiger partial charge on any atom is -0.336 e. The lowest BCUT2D eigenvalue weighted by atomic mass is 10.1. The van der Waals surface area contributed by atoms with E-state index in [2.05, 4.69) is 15.2 Å². The number of hydrogen-bond donors (Lipinski definition) is 2. The van der Waals surface area contributed by atoms with Gasteiger partial charge in [0.25, 0.3) is 5.91 Å². The van der Waals surface area contributed by atoms with Gasteiger partial charge < -0.3 is 10.6 Å². The fourth-order valence-electron chi connectivity index (χ4n) is 1.90. The fraction of sp³-hybridized carbons (Fsp3) is 0.700. The van der Waals surface area contributed by atoms with E-state index < -0.39 is 0 Å². The fourth-order valence-corrected chi connectivity index (χ4v) is 1.90. The quantitative estimate of drug-likeness (QED) is 0.742. The number of H-pyrrole nitrogens is 1. The van der Waals surface area contributed by atoms with Crippen molar-refractivity contribution in [3.05, 3.63) is 11.6 Å². The largest absolute Gasteiger partial charge is 0.336 e. The van der Waals surface area contributed by atoms with E-state index >= 15 is 0 Å². The number of carbonyl (C=O) groups is 1. The van der Waals surface area contributed by atoms with Gasteiger partial charge in [0.05, 0.1) is 0 Å². The van der Waals surface area contributed by atoms with Gasteiger partial charge >= 0.3 is 0 Å². The van der Waals surface area contributed by atoms with Crippen LogP contribution >= 0.6 is 0 Å². The molecular weight excluding hydrogens is 206 g/mol. The Labute approximate surface area is 94.2 Å². The maximum atomic E-state index is 12.0. The lowest BCUT2D eigenvalue weighted by Gasteiger charge is -2.13. The van der Waals surface area contributed by atoms with Crippen molar-refractivity contribution >= 4 is 5.91 Å². The highest BCUT2D eigenvalue weighted by atomic mass is 16.2. The first-order valence-electron chi connectivity index (χ1n) is 5.65. The number of carbonyl (C=O) groups excluding carboxylic acids is 1. The summed E-state index contributed by atoms with van der Waals surface area (Å²) < 4.78 is 0. The molecule has 6 heteroatoms. The third-order valence-corrected chi connectivity index (χ3v) is 2.96. The average Bonchev–Trinajstić information content (AvgIpc) is 2.97. The molecule has 1 aromatic heterocycles. The van der Waals surface area contributed by atoms with E-state index in [4.69, 9.17) is 5.73 Å². The molecule has 16 heavy (non-hydrogen) atoms. The smallest absolute Gasteiger partial charge is 0.293 e. The van der Waals surface area contributed by atoms with Crippen LogP contribution in [0.15, 0.2) is 0 Å². The standard InChI is InChI=1S/C10H17N5O/c1-2-8-12-9(14-13-8)10(16)15-4-3-7(5-11)6-15/h7H,2-6,11H2,1H3,(H,12,13,14). The first kappa shape index (κ1) is 11.1. The Morgan fingerprint density at radius 2 is 2.50 bits per heavy atom. The van der Waals surface area contributed by atoms with Crippen molar-refractivity contribution in [1.29, 1.82) is 0 Å². The number of rotatable bonds is 3. The van der Waals surface area contributed by atoms with Gasteiger partial charge in [0.15, 0.2) is 0 Å². The topological polar surface area (TPSA) is 87.9 Å². The van der Waals surface area contributed by atoms with Gasteiger partial charge in [0, 0.05) is 19.5 Å². The van der Waals surface area contributed by atoms with Crippen LogP contribution in [0, 0.1) is 5.92 Å². The average molecular weight is 223 g/mol. The molecule has 1 fully saturated rings. The lowest BCUT2D eigenvalue weighted by molar-refractivity contribution is 0.0776. The van der Waals surface area contributed by atoms with Crippen LogP contribution in [-0.4, -0.2) is 45.6 Å². The van der Waals surface area contributed by atoms with E-state index in [9.17, 15) is 4.79 Å². The number of hydrogen-bond acceptors (Lipinski definition) is 4. The first-order chi connectivity index (χ1) is 7.74. The van der Waals surface area contributed by atoms with Crippen molar-refractivity contribution in [2.75, 3.05) is 19.6 Å². The molecule has 0 aromatic carbocycles. The van der Waals surface area contributed by atoms with Crippen molar-refractivity contribution in [2.45, 2.75) is 19.8 Å². The van der Waals surface area contributed by atoms with Crippen LogP contribution in [-0.2, 0) is 6.42 Å². The Bertz CT molecular complexity index is 375.